The van der Waals surface area contributed by atoms with Crippen molar-refractivity contribution in [2.24, 2.45) is 5.73 Å². The van der Waals surface area contributed by atoms with Gasteiger partial charge in [0.15, 0.2) is 0 Å². The summed E-state index contributed by atoms with van der Waals surface area (Å²) >= 11 is 0. The Morgan fingerprint density at radius 1 is 1.53 bits per heavy atom. The Balaban J connectivity index is 1.98. The first-order valence-electron chi connectivity index (χ1n) is 5.05. The van der Waals surface area contributed by atoms with Crippen molar-refractivity contribution in [1.82, 2.24) is 14.4 Å². The summed E-state index contributed by atoms with van der Waals surface area (Å²) in [6.45, 7) is 1.50. The van der Waals surface area contributed by atoms with Gasteiger partial charge in [0.1, 0.15) is 16.8 Å². The average molecular weight is 268 g/mol. The second-order valence-electron chi connectivity index (χ2n) is 3.53. The van der Waals surface area contributed by atoms with Crippen LogP contribution < -0.4 is 5.73 Å². The number of Topliss-reactive ketones (excluding diaryl/α,β-unsaturated/α-hetero) is 1. The molecule has 0 bridgehead atoms. The normalized spacial score (nSPS) is 12.8. The first kappa shape index (κ1) is 12.4. The van der Waals surface area contributed by atoms with E-state index in [1.165, 1.54) is 28.7 Å². The Labute approximate surface area is 107 Å². The number of carbonyl (C=O) groups is 1. The van der Waals surface area contributed by atoms with Gasteiger partial charge in [0, 0.05) is 16.7 Å². The van der Waals surface area contributed by atoms with E-state index in [0.717, 1.165) is 11.0 Å². The van der Waals surface area contributed by atoms with Crippen molar-refractivity contribution in [3.05, 3.63) is 24.3 Å². The molecule has 2 aromatic rings. The maximum atomic E-state index is 11.0. The van der Waals surface area contributed by atoms with Gasteiger partial charge < -0.3 is 5.73 Å². The minimum atomic E-state index is -0.415. The van der Waals surface area contributed by atoms with Crippen LogP contribution in [0.25, 0.3) is 11.0 Å². The smallest absolute Gasteiger partial charge is 0.147 e. The second-order valence-corrected chi connectivity index (χ2v) is 5.75. The Morgan fingerprint density at radius 2 is 2.29 bits per heavy atom. The van der Waals surface area contributed by atoms with Crippen molar-refractivity contribution in [3.63, 3.8) is 0 Å². The summed E-state index contributed by atoms with van der Waals surface area (Å²) in [6.07, 6.45) is 0. The summed E-state index contributed by atoms with van der Waals surface area (Å²) in [5.41, 5.74) is 7.46. The minimum Gasteiger partial charge on any atom is -0.321 e. The highest BCUT2D eigenvalue weighted by molar-refractivity contribution is 8.76. The zero-order valence-electron chi connectivity index (χ0n) is 9.24. The molecule has 1 aromatic carbocycles. The third-order valence-corrected chi connectivity index (χ3v) is 4.37. The van der Waals surface area contributed by atoms with Crippen LogP contribution in [-0.4, -0.2) is 32.0 Å². The number of carbonyl (C=O) groups excluding carboxylic acids is 1. The van der Waals surface area contributed by atoms with Crippen molar-refractivity contribution in [1.29, 1.82) is 0 Å². The molecular weight excluding hydrogens is 256 g/mol. The van der Waals surface area contributed by atoms with E-state index in [-0.39, 0.29) is 5.78 Å². The number of para-hydroxylation sites is 1. The molecule has 17 heavy (non-hydrogen) atoms. The number of hydrogen-bond acceptors (Lipinski definition) is 6. The number of ketones is 1. The van der Waals surface area contributed by atoms with Gasteiger partial charge in [0.05, 0.1) is 6.04 Å². The lowest BCUT2D eigenvalue weighted by Crippen LogP contribution is -2.30. The highest BCUT2D eigenvalue weighted by atomic mass is 33.1. The fourth-order valence-electron chi connectivity index (χ4n) is 1.17. The standard InChI is InChI=1S/C10H12N4OS2/c1-7(15)8(11)6-16-17-14-10-5-3-2-4-9(10)12-13-14/h2-5,8H,6,11H2,1H3. The van der Waals surface area contributed by atoms with Gasteiger partial charge in [-0.25, -0.2) is 0 Å². The van der Waals surface area contributed by atoms with Crippen LogP contribution in [0.3, 0.4) is 0 Å². The van der Waals surface area contributed by atoms with Crippen LogP contribution in [-0.2, 0) is 4.79 Å². The molecule has 2 N–H and O–H groups in total. The van der Waals surface area contributed by atoms with Crippen molar-refractivity contribution in [3.8, 4) is 0 Å². The van der Waals surface area contributed by atoms with Crippen molar-refractivity contribution in [2.75, 3.05) is 5.75 Å². The highest BCUT2D eigenvalue weighted by Crippen LogP contribution is 2.26. The summed E-state index contributed by atoms with van der Waals surface area (Å²) in [6, 6.07) is 7.31. The molecule has 7 heteroatoms. The highest BCUT2D eigenvalue weighted by Gasteiger charge is 2.09. The van der Waals surface area contributed by atoms with Crippen LogP contribution in [0.4, 0.5) is 0 Å². The summed E-state index contributed by atoms with van der Waals surface area (Å²) in [5.74, 6) is 0.565. The fraction of sp³-hybridized carbons (Fsp3) is 0.300. The number of benzene rings is 1. The molecule has 2 rings (SSSR count). The van der Waals surface area contributed by atoms with Crippen LogP contribution in [0.1, 0.15) is 6.92 Å². The first-order valence-corrected chi connectivity index (χ1v) is 7.32. The third kappa shape index (κ3) is 2.99. The van der Waals surface area contributed by atoms with Crippen LogP contribution in [0.15, 0.2) is 24.3 Å². The van der Waals surface area contributed by atoms with E-state index in [4.69, 9.17) is 5.73 Å². The molecule has 1 unspecified atom stereocenters. The number of hydrogen-bond donors (Lipinski definition) is 1. The van der Waals surface area contributed by atoms with E-state index >= 15 is 0 Å². The molecule has 0 radical (unpaired) electrons. The van der Waals surface area contributed by atoms with Crippen LogP contribution in [0.5, 0.6) is 0 Å². The van der Waals surface area contributed by atoms with Gasteiger partial charge in [-0.15, -0.1) is 5.10 Å². The number of rotatable bonds is 5. The molecule has 0 spiro atoms. The topological polar surface area (TPSA) is 73.8 Å². The van der Waals surface area contributed by atoms with E-state index in [0.29, 0.717) is 5.75 Å². The van der Waals surface area contributed by atoms with Gasteiger partial charge in [-0.2, -0.15) is 4.09 Å². The van der Waals surface area contributed by atoms with Crippen LogP contribution in [0, 0.1) is 0 Å². The van der Waals surface area contributed by atoms with Gasteiger partial charge in [-0.1, -0.05) is 28.1 Å². The Kier molecular flexibility index (Phi) is 4.03. The molecule has 0 amide bonds. The monoisotopic (exact) mass is 268 g/mol. The van der Waals surface area contributed by atoms with Crippen LogP contribution >= 0.6 is 21.8 Å². The summed E-state index contributed by atoms with van der Waals surface area (Å²) in [5, 5.41) is 8.05. The molecule has 0 aliphatic rings. The fourth-order valence-corrected chi connectivity index (χ4v) is 3.27. The molecule has 1 atom stereocenters. The third-order valence-electron chi connectivity index (χ3n) is 2.21. The average Bonchev–Trinajstić information content (AvgIpc) is 2.72. The number of aromatic nitrogens is 3. The van der Waals surface area contributed by atoms with Crippen LogP contribution in [0.2, 0.25) is 0 Å². The molecule has 0 saturated heterocycles. The van der Waals surface area contributed by atoms with Gasteiger partial charge in [-0.3, -0.25) is 4.79 Å². The second kappa shape index (κ2) is 5.52. The Morgan fingerprint density at radius 3 is 3.06 bits per heavy atom. The molecule has 0 saturated carbocycles. The van der Waals surface area contributed by atoms with Gasteiger partial charge in [-0.05, 0) is 19.1 Å². The lowest BCUT2D eigenvalue weighted by molar-refractivity contribution is -0.117. The molecular formula is C10H12N4OS2. The molecule has 1 heterocycles. The largest absolute Gasteiger partial charge is 0.321 e. The number of nitrogens with two attached hydrogens (primary N) is 1. The van der Waals surface area contributed by atoms with Crippen molar-refractivity contribution in [2.45, 2.75) is 13.0 Å². The molecule has 1 aromatic heterocycles. The SMILES string of the molecule is CC(=O)C(N)CSSn1nnc2ccccc21. The maximum Gasteiger partial charge on any atom is 0.147 e. The number of nitrogens with zero attached hydrogens (tertiary/aromatic N) is 3. The quantitative estimate of drug-likeness (QED) is 0.828. The molecule has 5 nitrogen and oxygen atoms in total. The maximum absolute atomic E-state index is 11.0. The van der Waals surface area contributed by atoms with Crippen molar-refractivity contribution >= 4 is 38.6 Å². The molecule has 0 aliphatic carbocycles. The number of fused-ring (bicyclic) bond motifs is 1. The van der Waals surface area contributed by atoms with E-state index in [2.05, 4.69) is 10.3 Å². The van der Waals surface area contributed by atoms with Gasteiger partial charge in [0.25, 0.3) is 0 Å². The minimum absolute atomic E-state index is 0.00143. The zero-order valence-corrected chi connectivity index (χ0v) is 10.9. The van der Waals surface area contributed by atoms with E-state index < -0.39 is 6.04 Å². The molecule has 0 aliphatic heterocycles. The zero-order chi connectivity index (χ0) is 12.3. The van der Waals surface area contributed by atoms with E-state index in [9.17, 15) is 4.79 Å². The summed E-state index contributed by atoms with van der Waals surface area (Å²) in [4.78, 5) is 11.0. The lowest BCUT2D eigenvalue weighted by atomic mass is 10.3. The predicted octanol–water partition coefficient (Wildman–Crippen LogP) is 1.49. The summed E-state index contributed by atoms with van der Waals surface area (Å²) < 4.78 is 1.73. The predicted molar refractivity (Wildman–Crippen MR) is 71.6 cm³/mol. The van der Waals surface area contributed by atoms with Crippen molar-refractivity contribution < 1.29 is 4.79 Å². The van der Waals surface area contributed by atoms with Gasteiger partial charge in [0.2, 0.25) is 0 Å². The first-order chi connectivity index (χ1) is 8.18. The lowest BCUT2D eigenvalue weighted by Gasteiger charge is -2.05. The van der Waals surface area contributed by atoms with Gasteiger partial charge >= 0.3 is 0 Å². The summed E-state index contributed by atoms with van der Waals surface area (Å²) in [7, 11) is 2.92. The molecule has 90 valence electrons. The van der Waals surface area contributed by atoms with E-state index in [1.54, 1.807) is 4.09 Å². The van der Waals surface area contributed by atoms with E-state index in [1.807, 2.05) is 24.3 Å². The Hall–Kier alpha value is -1.05. The Bertz CT molecular complexity index is 528. The molecule has 0 fully saturated rings.